The molecule has 0 radical (unpaired) electrons. The van der Waals surface area contributed by atoms with Crippen LogP contribution in [0.25, 0.3) is 0 Å². The Morgan fingerprint density at radius 2 is 2.22 bits per heavy atom. The van der Waals surface area contributed by atoms with Gasteiger partial charge in [-0.25, -0.2) is 4.98 Å². The lowest BCUT2D eigenvalue weighted by atomic mass is 9.89. The lowest BCUT2D eigenvalue weighted by Crippen LogP contribution is -2.46. The molecule has 2 fully saturated rings. The number of thiazole rings is 1. The fourth-order valence-corrected chi connectivity index (χ4v) is 4.49. The number of hydrogen-bond acceptors (Lipinski definition) is 4. The maximum Gasteiger partial charge on any atom is 0.114 e. The number of hydrogen-bond donors (Lipinski definition) is 1. The maximum absolute atomic E-state index is 6.73. The molecule has 2 aliphatic heterocycles. The van der Waals surface area contributed by atoms with Crippen LogP contribution in [0.1, 0.15) is 50.7 Å². The summed E-state index contributed by atoms with van der Waals surface area (Å²) in [5, 5.41) is 3.35. The van der Waals surface area contributed by atoms with Gasteiger partial charge in [0.15, 0.2) is 0 Å². The first-order chi connectivity index (χ1) is 8.41. The van der Waals surface area contributed by atoms with Gasteiger partial charge in [0.2, 0.25) is 0 Å². The fraction of sp³-hybridized carbons (Fsp3) is 0.786. The first-order valence-electron chi connectivity index (χ1n) is 6.91. The first kappa shape index (κ1) is 12.6. The predicted molar refractivity (Wildman–Crippen MR) is 75.9 cm³/mol. The van der Waals surface area contributed by atoms with E-state index in [9.17, 15) is 0 Å². The fourth-order valence-electron chi connectivity index (χ4n) is 3.25. The molecule has 2 saturated heterocycles. The molecule has 2 atom stereocenters. The monoisotopic (exact) mass is 265 g/mol. The van der Waals surface area contributed by atoms with Crippen LogP contribution in [0.2, 0.25) is 0 Å². The van der Waals surface area contributed by atoms with Gasteiger partial charge >= 0.3 is 0 Å². The van der Waals surface area contributed by atoms with Crippen molar-refractivity contribution < 1.29 is 0 Å². The van der Waals surface area contributed by atoms with Crippen LogP contribution in [0.3, 0.4) is 0 Å². The van der Waals surface area contributed by atoms with Crippen molar-refractivity contribution in [2.45, 2.75) is 57.0 Å². The lowest BCUT2D eigenvalue weighted by Gasteiger charge is -2.29. The van der Waals surface area contributed by atoms with Gasteiger partial charge in [-0.3, -0.25) is 4.90 Å². The summed E-state index contributed by atoms with van der Waals surface area (Å²) >= 11 is 1.76. The molecule has 0 saturated carbocycles. The molecular formula is C14H23N3S. The molecule has 0 spiro atoms. The van der Waals surface area contributed by atoms with Crippen molar-refractivity contribution >= 4 is 11.3 Å². The molecule has 4 heteroatoms. The van der Waals surface area contributed by atoms with Crippen molar-refractivity contribution in [1.82, 2.24) is 9.88 Å². The third-order valence-electron chi connectivity index (χ3n) is 4.44. The zero-order valence-corrected chi connectivity index (χ0v) is 12.4. The molecule has 2 N–H and O–H groups in total. The number of aromatic nitrogens is 1. The van der Waals surface area contributed by atoms with Gasteiger partial charge in [-0.05, 0) is 25.8 Å². The highest BCUT2D eigenvalue weighted by Crippen LogP contribution is 2.42. The van der Waals surface area contributed by atoms with Crippen LogP contribution in [0.15, 0.2) is 5.38 Å². The van der Waals surface area contributed by atoms with E-state index in [0.717, 1.165) is 18.0 Å². The Morgan fingerprint density at radius 1 is 1.44 bits per heavy atom. The molecule has 0 amide bonds. The van der Waals surface area contributed by atoms with E-state index in [2.05, 4.69) is 31.1 Å². The molecule has 0 aromatic carbocycles. The van der Waals surface area contributed by atoms with Crippen molar-refractivity contribution in [3.05, 3.63) is 16.1 Å². The molecule has 1 aromatic heterocycles. The summed E-state index contributed by atoms with van der Waals surface area (Å²) in [6.45, 7) is 9.01. The van der Waals surface area contributed by atoms with Gasteiger partial charge in [0, 0.05) is 23.4 Å². The molecule has 3 heterocycles. The summed E-state index contributed by atoms with van der Waals surface area (Å²) < 4.78 is 0. The van der Waals surface area contributed by atoms with Gasteiger partial charge in [-0.15, -0.1) is 11.3 Å². The summed E-state index contributed by atoms with van der Waals surface area (Å²) in [6, 6.07) is 0.525. The summed E-state index contributed by atoms with van der Waals surface area (Å²) in [4.78, 5) is 7.42. The molecule has 2 aliphatic rings. The number of nitrogens with zero attached hydrogens (tertiary/aromatic N) is 2. The first-order valence-corrected chi connectivity index (χ1v) is 7.79. The molecule has 1 aromatic rings. The van der Waals surface area contributed by atoms with Crippen LogP contribution in [0.5, 0.6) is 0 Å². The van der Waals surface area contributed by atoms with Crippen LogP contribution in [-0.2, 0) is 11.0 Å². The van der Waals surface area contributed by atoms with E-state index in [1.165, 1.54) is 25.1 Å². The van der Waals surface area contributed by atoms with Crippen LogP contribution in [-0.4, -0.2) is 29.0 Å². The van der Waals surface area contributed by atoms with Gasteiger partial charge < -0.3 is 5.73 Å². The van der Waals surface area contributed by atoms with Crippen molar-refractivity contribution in [3.8, 4) is 0 Å². The maximum atomic E-state index is 6.73. The van der Waals surface area contributed by atoms with Crippen LogP contribution in [0, 0.1) is 0 Å². The van der Waals surface area contributed by atoms with Crippen molar-refractivity contribution in [1.29, 1.82) is 0 Å². The SMILES string of the molecule is CC(C)(C)c1csc(C2(N)CCN3CCCC32)n1. The Bertz CT molecular complexity index is 448. The topological polar surface area (TPSA) is 42.1 Å². The molecule has 0 bridgehead atoms. The molecule has 3 nitrogen and oxygen atoms in total. The third kappa shape index (κ3) is 1.82. The molecule has 18 heavy (non-hydrogen) atoms. The van der Waals surface area contributed by atoms with Gasteiger partial charge in [-0.1, -0.05) is 20.8 Å². The predicted octanol–water partition coefficient (Wildman–Crippen LogP) is 2.46. The lowest BCUT2D eigenvalue weighted by molar-refractivity contribution is 0.265. The summed E-state index contributed by atoms with van der Waals surface area (Å²) in [5.41, 5.74) is 7.85. The Balaban J connectivity index is 1.92. The molecule has 100 valence electrons. The summed E-state index contributed by atoms with van der Waals surface area (Å²) in [5.74, 6) is 0. The van der Waals surface area contributed by atoms with Gasteiger partial charge in [0.25, 0.3) is 0 Å². The van der Waals surface area contributed by atoms with E-state index in [-0.39, 0.29) is 11.0 Å². The quantitative estimate of drug-likeness (QED) is 0.848. The van der Waals surface area contributed by atoms with Gasteiger partial charge in [0.05, 0.1) is 11.2 Å². The van der Waals surface area contributed by atoms with E-state index in [1.54, 1.807) is 11.3 Å². The van der Waals surface area contributed by atoms with Gasteiger partial charge in [-0.2, -0.15) is 0 Å². The molecule has 2 unspecified atom stereocenters. The zero-order chi connectivity index (χ0) is 13.0. The second-order valence-corrected chi connectivity index (χ2v) is 7.63. The van der Waals surface area contributed by atoms with Crippen molar-refractivity contribution in [2.24, 2.45) is 5.73 Å². The highest BCUT2D eigenvalue weighted by atomic mass is 32.1. The number of rotatable bonds is 1. The minimum absolute atomic E-state index is 0.124. The second kappa shape index (κ2) is 4.02. The Labute approximate surface area is 113 Å². The van der Waals surface area contributed by atoms with Gasteiger partial charge in [0.1, 0.15) is 5.01 Å². The van der Waals surface area contributed by atoms with E-state index in [4.69, 9.17) is 10.7 Å². The molecule has 3 rings (SSSR count). The minimum atomic E-state index is -0.190. The summed E-state index contributed by atoms with van der Waals surface area (Å²) in [7, 11) is 0. The Morgan fingerprint density at radius 3 is 2.89 bits per heavy atom. The normalized spacial score (nSPS) is 33.0. The van der Waals surface area contributed by atoms with E-state index >= 15 is 0 Å². The highest BCUT2D eigenvalue weighted by Gasteiger charge is 2.49. The third-order valence-corrected chi connectivity index (χ3v) is 5.48. The minimum Gasteiger partial charge on any atom is -0.318 e. The van der Waals surface area contributed by atoms with Crippen LogP contribution >= 0.6 is 11.3 Å². The smallest absolute Gasteiger partial charge is 0.114 e. The highest BCUT2D eigenvalue weighted by molar-refractivity contribution is 7.09. The summed E-state index contributed by atoms with van der Waals surface area (Å²) in [6.07, 6.45) is 3.59. The Hall–Kier alpha value is -0.450. The van der Waals surface area contributed by atoms with Crippen molar-refractivity contribution in [2.75, 3.05) is 13.1 Å². The standard InChI is InChI=1S/C14H23N3S/c1-13(2,3)10-9-18-12(16-10)14(15)6-8-17-7-4-5-11(14)17/h9,11H,4-8,15H2,1-3H3. The number of fused-ring (bicyclic) bond motifs is 1. The second-order valence-electron chi connectivity index (χ2n) is 6.77. The average molecular weight is 265 g/mol. The zero-order valence-electron chi connectivity index (χ0n) is 11.6. The number of nitrogens with two attached hydrogens (primary N) is 1. The average Bonchev–Trinajstić information content (AvgIpc) is 2.95. The molecular weight excluding hydrogens is 242 g/mol. The van der Waals surface area contributed by atoms with Crippen LogP contribution in [0.4, 0.5) is 0 Å². The Kier molecular flexibility index (Phi) is 2.81. The van der Waals surface area contributed by atoms with E-state index in [1.807, 2.05) is 0 Å². The van der Waals surface area contributed by atoms with E-state index in [0.29, 0.717) is 6.04 Å². The largest absolute Gasteiger partial charge is 0.318 e. The van der Waals surface area contributed by atoms with Crippen molar-refractivity contribution in [3.63, 3.8) is 0 Å². The van der Waals surface area contributed by atoms with Crippen LogP contribution < -0.4 is 5.73 Å². The van der Waals surface area contributed by atoms with E-state index < -0.39 is 0 Å². The molecule has 0 aliphatic carbocycles.